The number of benzene rings is 1. The third kappa shape index (κ3) is 4.29. The number of ether oxygens (including phenoxy) is 2. The predicted molar refractivity (Wildman–Crippen MR) is 103 cm³/mol. The number of methoxy groups -OCH3 is 1. The molecule has 7 heteroatoms. The van der Waals surface area contributed by atoms with Crippen molar-refractivity contribution in [2.45, 2.75) is 63.6 Å². The number of hydrogen-bond donors (Lipinski definition) is 1. The second-order valence-electron chi connectivity index (χ2n) is 8.47. The number of nitrogens with zero attached hydrogens (tertiary/aromatic N) is 1. The van der Waals surface area contributed by atoms with Gasteiger partial charge in [0.25, 0.3) is 0 Å². The van der Waals surface area contributed by atoms with E-state index >= 15 is 0 Å². The molecule has 2 amide bonds. The molecule has 0 radical (unpaired) electrons. The highest BCUT2D eigenvalue weighted by atomic mass is 16.6. The molecule has 1 atom stereocenters. The Hall–Kier alpha value is -2.57. The average Bonchev–Trinajstić information content (AvgIpc) is 3.24. The molecule has 0 spiro atoms. The molecule has 1 saturated carbocycles. The number of nitrogens with one attached hydrogen (secondary N) is 1. The highest BCUT2D eigenvalue weighted by Gasteiger charge is 2.48. The summed E-state index contributed by atoms with van der Waals surface area (Å²) in [6.45, 7) is 5.96. The van der Waals surface area contributed by atoms with Crippen LogP contribution in [0.2, 0.25) is 0 Å². The normalized spacial score (nSPS) is 20.4. The SMILES string of the molecule is COC(=O)c1ccc(C2(NC(=O)C3CCCN3C(=O)OC(C)(C)C)CC2)cc1. The van der Waals surface area contributed by atoms with Crippen LogP contribution in [-0.2, 0) is 19.8 Å². The number of carbonyl (C=O) groups is 3. The number of esters is 1. The van der Waals surface area contributed by atoms with Gasteiger partial charge in [-0.15, -0.1) is 0 Å². The van der Waals surface area contributed by atoms with Crippen molar-refractivity contribution in [1.29, 1.82) is 0 Å². The number of rotatable bonds is 4. The van der Waals surface area contributed by atoms with Crippen molar-refractivity contribution in [3.63, 3.8) is 0 Å². The van der Waals surface area contributed by atoms with Gasteiger partial charge in [0.15, 0.2) is 0 Å². The molecule has 0 bridgehead atoms. The first-order valence-corrected chi connectivity index (χ1v) is 9.66. The van der Waals surface area contributed by atoms with Crippen LogP contribution in [0.5, 0.6) is 0 Å². The highest BCUT2D eigenvalue weighted by molar-refractivity contribution is 5.89. The van der Waals surface area contributed by atoms with Gasteiger partial charge in [0.1, 0.15) is 11.6 Å². The molecular formula is C21H28N2O5. The molecule has 1 N–H and O–H groups in total. The number of carbonyl (C=O) groups excluding carboxylic acids is 3. The van der Waals surface area contributed by atoms with Crippen molar-refractivity contribution in [1.82, 2.24) is 10.2 Å². The molecule has 1 aliphatic carbocycles. The zero-order valence-electron chi connectivity index (χ0n) is 16.9. The monoisotopic (exact) mass is 388 g/mol. The Bertz CT molecular complexity index is 762. The molecule has 1 saturated heterocycles. The maximum Gasteiger partial charge on any atom is 0.410 e. The smallest absolute Gasteiger partial charge is 0.410 e. The number of hydrogen-bond acceptors (Lipinski definition) is 5. The van der Waals surface area contributed by atoms with Crippen molar-refractivity contribution in [3.8, 4) is 0 Å². The van der Waals surface area contributed by atoms with E-state index in [1.54, 1.807) is 12.1 Å². The summed E-state index contributed by atoms with van der Waals surface area (Å²) in [5.74, 6) is -0.544. The lowest BCUT2D eigenvalue weighted by atomic mass is 10.0. The predicted octanol–water partition coefficient (Wildman–Crippen LogP) is 2.98. The summed E-state index contributed by atoms with van der Waals surface area (Å²) in [4.78, 5) is 38.5. The van der Waals surface area contributed by atoms with Crippen LogP contribution < -0.4 is 5.32 Å². The number of amides is 2. The third-order valence-electron chi connectivity index (χ3n) is 5.15. The molecule has 1 unspecified atom stereocenters. The van der Waals surface area contributed by atoms with E-state index in [0.29, 0.717) is 18.5 Å². The fraction of sp³-hybridized carbons (Fsp3) is 0.571. The van der Waals surface area contributed by atoms with E-state index in [9.17, 15) is 14.4 Å². The van der Waals surface area contributed by atoms with Crippen molar-refractivity contribution < 1.29 is 23.9 Å². The molecule has 152 valence electrons. The van der Waals surface area contributed by atoms with Gasteiger partial charge >= 0.3 is 12.1 Å². The van der Waals surface area contributed by atoms with Crippen molar-refractivity contribution >= 4 is 18.0 Å². The Morgan fingerprint density at radius 3 is 2.32 bits per heavy atom. The van der Waals surface area contributed by atoms with Gasteiger partial charge in [-0.1, -0.05) is 12.1 Å². The zero-order chi connectivity index (χ0) is 20.5. The van der Waals surface area contributed by atoms with Crippen molar-refractivity contribution in [2.24, 2.45) is 0 Å². The lowest BCUT2D eigenvalue weighted by molar-refractivity contribution is -0.126. The van der Waals surface area contributed by atoms with E-state index in [0.717, 1.165) is 24.8 Å². The van der Waals surface area contributed by atoms with E-state index in [1.807, 2.05) is 32.9 Å². The molecule has 0 aromatic heterocycles. The Morgan fingerprint density at radius 1 is 1.14 bits per heavy atom. The van der Waals surface area contributed by atoms with Crippen LogP contribution in [-0.4, -0.2) is 48.2 Å². The summed E-state index contributed by atoms with van der Waals surface area (Å²) in [6.07, 6.45) is 2.61. The van der Waals surface area contributed by atoms with Gasteiger partial charge < -0.3 is 14.8 Å². The summed E-state index contributed by atoms with van der Waals surface area (Å²) >= 11 is 0. The standard InChI is InChI=1S/C21H28N2O5/c1-20(2,3)28-19(26)23-13-5-6-16(23)17(24)22-21(11-12-21)15-9-7-14(8-10-15)18(25)27-4/h7-10,16H,5-6,11-13H2,1-4H3,(H,22,24). The van der Waals surface area contributed by atoms with Crippen LogP contribution in [0.25, 0.3) is 0 Å². The maximum absolute atomic E-state index is 12.9. The van der Waals surface area contributed by atoms with Gasteiger partial charge in [-0.25, -0.2) is 9.59 Å². The molecule has 1 aliphatic heterocycles. The molecule has 1 heterocycles. The zero-order valence-corrected chi connectivity index (χ0v) is 16.9. The van der Waals surface area contributed by atoms with E-state index in [2.05, 4.69) is 5.32 Å². The second-order valence-corrected chi connectivity index (χ2v) is 8.47. The molecular weight excluding hydrogens is 360 g/mol. The topological polar surface area (TPSA) is 84.9 Å². The average molecular weight is 388 g/mol. The third-order valence-corrected chi connectivity index (χ3v) is 5.15. The van der Waals surface area contributed by atoms with Crippen LogP contribution >= 0.6 is 0 Å². The second kappa shape index (κ2) is 7.45. The van der Waals surface area contributed by atoms with Gasteiger partial charge in [-0.2, -0.15) is 0 Å². The molecule has 3 rings (SSSR count). The molecule has 1 aromatic carbocycles. The Labute approximate surface area is 165 Å². The van der Waals surface area contributed by atoms with Gasteiger partial charge in [-0.3, -0.25) is 9.69 Å². The minimum Gasteiger partial charge on any atom is -0.465 e. The van der Waals surface area contributed by atoms with Crippen molar-refractivity contribution in [2.75, 3.05) is 13.7 Å². The highest BCUT2D eigenvalue weighted by Crippen LogP contribution is 2.45. The molecule has 28 heavy (non-hydrogen) atoms. The summed E-state index contributed by atoms with van der Waals surface area (Å²) in [5, 5.41) is 3.13. The summed E-state index contributed by atoms with van der Waals surface area (Å²) in [6, 6.07) is 6.59. The van der Waals surface area contributed by atoms with Crippen LogP contribution in [0.4, 0.5) is 4.79 Å². The first-order chi connectivity index (χ1) is 13.1. The lowest BCUT2D eigenvalue weighted by Crippen LogP contribution is -2.50. The molecule has 7 nitrogen and oxygen atoms in total. The lowest BCUT2D eigenvalue weighted by Gasteiger charge is -2.29. The van der Waals surface area contributed by atoms with Gasteiger partial charge in [0, 0.05) is 6.54 Å². The summed E-state index contributed by atoms with van der Waals surface area (Å²) < 4.78 is 10.2. The van der Waals surface area contributed by atoms with E-state index in [1.165, 1.54) is 12.0 Å². The quantitative estimate of drug-likeness (QED) is 0.802. The summed E-state index contributed by atoms with van der Waals surface area (Å²) in [5.41, 5.74) is 0.406. The van der Waals surface area contributed by atoms with Gasteiger partial charge in [0.05, 0.1) is 18.2 Å². The van der Waals surface area contributed by atoms with Crippen molar-refractivity contribution in [3.05, 3.63) is 35.4 Å². The van der Waals surface area contributed by atoms with Crippen LogP contribution in [0.15, 0.2) is 24.3 Å². The maximum atomic E-state index is 12.9. The fourth-order valence-electron chi connectivity index (χ4n) is 3.55. The largest absolute Gasteiger partial charge is 0.465 e. The number of likely N-dealkylation sites (tertiary alicyclic amines) is 1. The Kier molecular flexibility index (Phi) is 5.37. The van der Waals surface area contributed by atoms with E-state index < -0.39 is 23.3 Å². The Morgan fingerprint density at radius 2 is 1.79 bits per heavy atom. The van der Waals surface area contributed by atoms with Crippen LogP contribution in [0.1, 0.15) is 62.4 Å². The Balaban J connectivity index is 1.68. The minimum absolute atomic E-state index is 0.155. The first-order valence-electron chi connectivity index (χ1n) is 9.66. The molecule has 2 fully saturated rings. The van der Waals surface area contributed by atoms with Crippen LogP contribution in [0, 0.1) is 0 Å². The summed E-state index contributed by atoms with van der Waals surface area (Å²) in [7, 11) is 1.34. The van der Waals surface area contributed by atoms with E-state index in [4.69, 9.17) is 9.47 Å². The first kappa shape index (κ1) is 20.2. The van der Waals surface area contributed by atoms with Crippen LogP contribution in [0.3, 0.4) is 0 Å². The minimum atomic E-state index is -0.597. The van der Waals surface area contributed by atoms with Gasteiger partial charge in [-0.05, 0) is 64.2 Å². The molecule has 2 aliphatic rings. The molecule has 1 aromatic rings. The van der Waals surface area contributed by atoms with E-state index in [-0.39, 0.29) is 11.9 Å². The van der Waals surface area contributed by atoms with Gasteiger partial charge in [0.2, 0.25) is 5.91 Å². The fourth-order valence-corrected chi connectivity index (χ4v) is 3.55.